The number of thiazole rings is 1. The maximum atomic E-state index is 10.3. The molecule has 2 aromatic heterocycles. The van der Waals surface area contributed by atoms with Gasteiger partial charge >= 0.3 is 0 Å². The van der Waals surface area contributed by atoms with E-state index in [1.54, 1.807) is 30.6 Å². The Labute approximate surface area is 125 Å². The van der Waals surface area contributed by atoms with Crippen molar-refractivity contribution >= 4 is 27.9 Å². The van der Waals surface area contributed by atoms with Gasteiger partial charge in [-0.25, -0.2) is 4.98 Å². The molecular formula is C14H13ClN2O2S. The number of aliphatic hydroxyl groups is 1. The first-order valence-corrected chi connectivity index (χ1v) is 7.35. The summed E-state index contributed by atoms with van der Waals surface area (Å²) >= 11 is 7.64. The Morgan fingerprint density at radius 1 is 1.50 bits per heavy atom. The second-order valence-electron chi connectivity index (χ2n) is 4.44. The average molecular weight is 309 g/mol. The summed E-state index contributed by atoms with van der Waals surface area (Å²) in [7, 11) is 1.56. The smallest absolute Gasteiger partial charge is 0.193 e. The number of rotatable bonds is 4. The number of halogens is 1. The van der Waals surface area contributed by atoms with Gasteiger partial charge in [-0.05, 0) is 17.7 Å². The van der Waals surface area contributed by atoms with Gasteiger partial charge in [0.15, 0.2) is 4.96 Å². The fourth-order valence-corrected chi connectivity index (χ4v) is 3.07. The van der Waals surface area contributed by atoms with Crippen LogP contribution in [0.2, 0.25) is 5.02 Å². The minimum absolute atomic E-state index is 0.455. The lowest BCUT2D eigenvalue weighted by Crippen LogP contribution is -2.02. The van der Waals surface area contributed by atoms with Gasteiger partial charge in [0.1, 0.15) is 5.75 Å². The Kier molecular flexibility index (Phi) is 3.65. The number of aromatic nitrogens is 2. The van der Waals surface area contributed by atoms with Gasteiger partial charge in [0.25, 0.3) is 0 Å². The Bertz CT molecular complexity index is 709. The Hall–Kier alpha value is -1.56. The van der Waals surface area contributed by atoms with E-state index >= 15 is 0 Å². The maximum Gasteiger partial charge on any atom is 0.193 e. The zero-order valence-corrected chi connectivity index (χ0v) is 12.4. The lowest BCUT2D eigenvalue weighted by atomic mass is 10.1. The molecule has 0 bridgehead atoms. The number of fused-ring (bicyclic) bond motifs is 1. The van der Waals surface area contributed by atoms with Gasteiger partial charge in [-0.3, -0.25) is 4.40 Å². The molecule has 0 fully saturated rings. The van der Waals surface area contributed by atoms with Crippen LogP contribution in [0.3, 0.4) is 0 Å². The number of benzene rings is 1. The number of ether oxygens (including phenoxy) is 1. The summed E-state index contributed by atoms with van der Waals surface area (Å²) in [5, 5.41) is 12.8. The fraction of sp³-hybridized carbons (Fsp3) is 0.214. The summed E-state index contributed by atoms with van der Waals surface area (Å²) < 4.78 is 7.05. The van der Waals surface area contributed by atoms with Gasteiger partial charge in [-0.2, -0.15) is 0 Å². The van der Waals surface area contributed by atoms with E-state index in [9.17, 15) is 5.11 Å². The van der Waals surface area contributed by atoms with Gasteiger partial charge < -0.3 is 9.84 Å². The Morgan fingerprint density at radius 2 is 2.35 bits per heavy atom. The van der Waals surface area contributed by atoms with Crippen LogP contribution in [0, 0.1) is 0 Å². The summed E-state index contributed by atoms with van der Waals surface area (Å²) in [4.78, 5) is 5.39. The molecule has 2 heterocycles. The molecule has 0 radical (unpaired) electrons. The average Bonchev–Trinajstić information content (AvgIpc) is 2.99. The molecule has 1 unspecified atom stereocenters. The number of methoxy groups -OCH3 is 1. The van der Waals surface area contributed by atoms with Gasteiger partial charge in [-0.15, -0.1) is 11.3 Å². The second kappa shape index (κ2) is 5.44. The van der Waals surface area contributed by atoms with Crippen LogP contribution >= 0.6 is 22.9 Å². The van der Waals surface area contributed by atoms with Gasteiger partial charge in [0.2, 0.25) is 0 Å². The first-order valence-electron chi connectivity index (χ1n) is 6.10. The Balaban J connectivity index is 1.80. The zero-order chi connectivity index (χ0) is 14.1. The topological polar surface area (TPSA) is 46.8 Å². The minimum Gasteiger partial charge on any atom is -0.495 e. The maximum absolute atomic E-state index is 10.3. The van der Waals surface area contributed by atoms with Crippen molar-refractivity contribution in [3.8, 4) is 5.75 Å². The molecule has 1 atom stereocenters. The van der Waals surface area contributed by atoms with Crippen LogP contribution in [0.1, 0.15) is 17.4 Å². The molecule has 0 saturated heterocycles. The lowest BCUT2D eigenvalue weighted by molar-refractivity contribution is 0.177. The zero-order valence-electron chi connectivity index (χ0n) is 10.8. The van der Waals surface area contributed by atoms with Crippen molar-refractivity contribution in [2.75, 3.05) is 7.11 Å². The molecule has 1 aromatic carbocycles. The number of nitrogens with zero attached hydrogens (tertiary/aromatic N) is 2. The minimum atomic E-state index is -0.636. The van der Waals surface area contributed by atoms with Crippen molar-refractivity contribution < 1.29 is 9.84 Å². The first kappa shape index (κ1) is 13.4. The molecule has 3 aromatic rings. The van der Waals surface area contributed by atoms with Crippen LogP contribution in [0.5, 0.6) is 5.75 Å². The SMILES string of the molecule is COc1ccc(C(O)Cc2cn3ccsc3n2)cc1Cl. The van der Waals surface area contributed by atoms with E-state index in [4.69, 9.17) is 16.3 Å². The second-order valence-corrected chi connectivity index (χ2v) is 5.72. The summed E-state index contributed by atoms with van der Waals surface area (Å²) in [6.45, 7) is 0. The van der Waals surface area contributed by atoms with Crippen LogP contribution in [0.15, 0.2) is 36.0 Å². The molecule has 20 heavy (non-hydrogen) atoms. The summed E-state index contributed by atoms with van der Waals surface area (Å²) in [5.74, 6) is 0.602. The van der Waals surface area contributed by atoms with Gasteiger partial charge in [-0.1, -0.05) is 17.7 Å². The molecule has 104 valence electrons. The summed E-state index contributed by atoms with van der Waals surface area (Å²) in [6.07, 6.45) is 3.70. The predicted octanol–water partition coefficient (Wildman–Crippen LogP) is 3.33. The molecule has 0 aliphatic heterocycles. The lowest BCUT2D eigenvalue weighted by Gasteiger charge is -2.11. The highest BCUT2D eigenvalue weighted by molar-refractivity contribution is 7.15. The molecule has 0 aliphatic rings. The number of aliphatic hydroxyl groups excluding tert-OH is 1. The molecule has 0 spiro atoms. The van der Waals surface area contributed by atoms with Crippen molar-refractivity contribution in [1.82, 2.24) is 9.38 Å². The third kappa shape index (κ3) is 2.52. The third-order valence-electron chi connectivity index (χ3n) is 3.11. The summed E-state index contributed by atoms with van der Waals surface area (Å²) in [5.41, 5.74) is 1.61. The highest BCUT2D eigenvalue weighted by Gasteiger charge is 2.13. The highest BCUT2D eigenvalue weighted by Crippen LogP contribution is 2.29. The number of hydrogen-bond acceptors (Lipinski definition) is 4. The van der Waals surface area contributed by atoms with E-state index in [1.165, 1.54) is 0 Å². The normalized spacial score (nSPS) is 12.8. The van der Waals surface area contributed by atoms with Crippen LogP contribution in [0.4, 0.5) is 0 Å². The van der Waals surface area contributed by atoms with E-state index < -0.39 is 6.10 Å². The van der Waals surface area contributed by atoms with Crippen molar-refractivity contribution in [3.05, 3.63) is 52.3 Å². The molecular weight excluding hydrogens is 296 g/mol. The van der Waals surface area contributed by atoms with E-state index in [2.05, 4.69) is 4.98 Å². The van der Waals surface area contributed by atoms with Crippen molar-refractivity contribution in [2.45, 2.75) is 12.5 Å². The first-order chi connectivity index (χ1) is 9.67. The van der Waals surface area contributed by atoms with Gasteiger partial charge in [0, 0.05) is 24.2 Å². The predicted molar refractivity (Wildman–Crippen MR) is 79.7 cm³/mol. The molecule has 3 rings (SSSR count). The third-order valence-corrected chi connectivity index (χ3v) is 4.17. The van der Waals surface area contributed by atoms with Crippen LogP contribution in [0.25, 0.3) is 4.96 Å². The molecule has 1 N–H and O–H groups in total. The Morgan fingerprint density at radius 3 is 3.05 bits per heavy atom. The molecule has 0 saturated carbocycles. The van der Waals surface area contributed by atoms with Crippen molar-refractivity contribution in [3.63, 3.8) is 0 Å². The van der Waals surface area contributed by atoms with E-state index in [0.717, 1.165) is 16.2 Å². The van der Waals surface area contributed by atoms with E-state index in [-0.39, 0.29) is 0 Å². The van der Waals surface area contributed by atoms with E-state index in [1.807, 2.05) is 28.2 Å². The number of imidazole rings is 1. The van der Waals surface area contributed by atoms with Crippen LogP contribution < -0.4 is 4.74 Å². The molecule has 0 amide bonds. The van der Waals surface area contributed by atoms with Crippen molar-refractivity contribution in [2.24, 2.45) is 0 Å². The van der Waals surface area contributed by atoms with Crippen LogP contribution in [-0.4, -0.2) is 21.6 Å². The fourth-order valence-electron chi connectivity index (χ4n) is 2.08. The van der Waals surface area contributed by atoms with Gasteiger partial charge in [0.05, 0.1) is 23.9 Å². The monoisotopic (exact) mass is 308 g/mol. The quantitative estimate of drug-likeness (QED) is 0.804. The molecule has 4 nitrogen and oxygen atoms in total. The van der Waals surface area contributed by atoms with E-state index in [0.29, 0.717) is 17.2 Å². The highest BCUT2D eigenvalue weighted by atomic mass is 35.5. The molecule has 0 aliphatic carbocycles. The summed E-state index contributed by atoms with van der Waals surface area (Å²) in [6, 6.07) is 5.30. The standard InChI is InChI=1S/C14H13ClN2O2S/c1-19-13-3-2-9(6-11(13)15)12(18)7-10-8-17-4-5-20-14(17)16-10/h2-6,8,12,18H,7H2,1H3. The van der Waals surface area contributed by atoms with Crippen molar-refractivity contribution in [1.29, 1.82) is 0 Å². The number of hydrogen-bond donors (Lipinski definition) is 1. The largest absolute Gasteiger partial charge is 0.495 e. The van der Waals surface area contributed by atoms with Crippen LogP contribution in [-0.2, 0) is 6.42 Å². The molecule has 6 heteroatoms.